The van der Waals surface area contributed by atoms with Crippen LogP contribution in [0.3, 0.4) is 0 Å². The molecule has 6 nitrogen and oxygen atoms in total. The fourth-order valence-corrected chi connectivity index (χ4v) is 3.36. The van der Waals surface area contributed by atoms with Gasteiger partial charge in [0.25, 0.3) is 11.8 Å². The van der Waals surface area contributed by atoms with Crippen LogP contribution < -0.4 is 10.6 Å². The number of carbonyl (C=O) groups excluding carboxylic acids is 2. The number of carbonyl (C=O) groups is 2. The van der Waals surface area contributed by atoms with Crippen LogP contribution in [0.5, 0.6) is 0 Å². The molecule has 0 unspecified atom stereocenters. The van der Waals surface area contributed by atoms with E-state index in [0.717, 1.165) is 11.1 Å². The van der Waals surface area contributed by atoms with Crippen molar-refractivity contribution in [3.8, 4) is 11.1 Å². The molecule has 0 atom stereocenters. The molecule has 150 valence electrons. The maximum Gasteiger partial charge on any atom is 0.291 e. The van der Waals surface area contributed by atoms with Crippen LogP contribution in [0.15, 0.2) is 91.0 Å². The summed E-state index contributed by atoms with van der Waals surface area (Å²) in [6.45, 7) is 0. The molecule has 0 fully saturated rings. The van der Waals surface area contributed by atoms with E-state index >= 15 is 0 Å². The molecule has 2 aromatic carbocycles. The Morgan fingerprint density at radius 3 is 1.23 bits per heavy atom. The first kappa shape index (κ1) is 20.2. The van der Waals surface area contributed by atoms with Crippen molar-refractivity contribution in [1.29, 1.82) is 0 Å². The summed E-state index contributed by atoms with van der Waals surface area (Å²) in [6, 6.07) is 21.4. The Labute approximate surface area is 188 Å². The second-order valence-corrected chi connectivity index (χ2v) is 7.83. The normalized spacial score (nSPS) is 10.6. The first-order valence-electron chi connectivity index (χ1n) is 8.82. The number of anilines is 2. The second kappa shape index (κ2) is 8.73. The van der Waals surface area contributed by atoms with Gasteiger partial charge in [0.05, 0.1) is 0 Å². The van der Waals surface area contributed by atoms with Crippen molar-refractivity contribution in [3.63, 3.8) is 0 Å². The van der Waals surface area contributed by atoms with Crippen LogP contribution in [0, 0.1) is 0 Å². The first-order chi connectivity index (χ1) is 14.5. The van der Waals surface area contributed by atoms with E-state index in [-0.39, 0.29) is 23.3 Å². The average Bonchev–Trinajstić information content (AvgIpc) is 3.38. The van der Waals surface area contributed by atoms with Crippen LogP contribution in [0.25, 0.3) is 11.1 Å². The van der Waals surface area contributed by atoms with Crippen LogP contribution in [0.4, 0.5) is 11.4 Å². The zero-order valence-electron chi connectivity index (χ0n) is 15.3. The van der Waals surface area contributed by atoms with Crippen LogP contribution in [0.2, 0.25) is 0 Å². The summed E-state index contributed by atoms with van der Waals surface area (Å²) in [4.78, 5) is 24.3. The Morgan fingerprint density at radius 1 is 0.567 bits per heavy atom. The average molecular weight is 530 g/mol. The van der Waals surface area contributed by atoms with Crippen molar-refractivity contribution in [2.45, 2.75) is 0 Å². The molecule has 2 N–H and O–H groups in total. The second-order valence-electron chi connectivity index (χ2n) is 6.27. The Kier molecular flexibility index (Phi) is 5.87. The van der Waals surface area contributed by atoms with E-state index in [9.17, 15) is 9.59 Å². The highest BCUT2D eigenvalue weighted by Crippen LogP contribution is 2.24. The molecule has 0 aliphatic rings. The van der Waals surface area contributed by atoms with E-state index in [1.807, 2.05) is 48.5 Å². The molecule has 0 radical (unpaired) electrons. The molecule has 2 amide bonds. The molecular weight excluding hydrogens is 516 g/mol. The van der Waals surface area contributed by atoms with Crippen LogP contribution >= 0.6 is 31.9 Å². The number of furan rings is 2. The van der Waals surface area contributed by atoms with Crippen molar-refractivity contribution < 1.29 is 18.4 Å². The zero-order valence-corrected chi connectivity index (χ0v) is 18.5. The fraction of sp³-hybridized carbons (Fsp3) is 0. The monoisotopic (exact) mass is 528 g/mol. The summed E-state index contributed by atoms with van der Waals surface area (Å²) in [5.41, 5.74) is 3.26. The molecule has 0 aliphatic heterocycles. The summed E-state index contributed by atoms with van der Waals surface area (Å²) in [7, 11) is 0. The number of nitrogens with one attached hydrogen (secondary N) is 2. The lowest BCUT2D eigenvalue weighted by atomic mass is 10.0. The van der Waals surface area contributed by atoms with Crippen molar-refractivity contribution >= 4 is 55.0 Å². The van der Waals surface area contributed by atoms with E-state index in [1.165, 1.54) is 0 Å². The van der Waals surface area contributed by atoms with Gasteiger partial charge in [0, 0.05) is 11.4 Å². The van der Waals surface area contributed by atoms with Gasteiger partial charge in [-0.15, -0.1) is 0 Å². The van der Waals surface area contributed by atoms with Crippen LogP contribution in [0.1, 0.15) is 21.1 Å². The fourth-order valence-electron chi connectivity index (χ4n) is 2.75. The molecular formula is C22H14Br2N2O4. The molecule has 0 saturated heterocycles. The summed E-state index contributed by atoms with van der Waals surface area (Å²) in [5.74, 6) is -0.190. The van der Waals surface area contributed by atoms with Gasteiger partial charge < -0.3 is 19.5 Å². The molecule has 2 aromatic heterocycles. The van der Waals surface area contributed by atoms with Crippen molar-refractivity contribution in [2.75, 3.05) is 10.6 Å². The predicted molar refractivity (Wildman–Crippen MR) is 121 cm³/mol. The number of hydrogen-bond donors (Lipinski definition) is 2. The molecule has 30 heavy (non-hydrogen) atoms. The minimum Gasteiger partial charge on any atom is -0.444 e. The highest BCUT2D eigenvalue weighted by molar-refractivity contribution is 9.10. The third-order valence-electron chi connectivity index (χ3n) is 4.21. The Bertz CT molecular complexity index is 1100. The molecule has 4 rings (SSSR count). The lowest BCUT2D eigenvalue weighted by Crippen LogP contribution is -2.10. The SMILES string of the molecule is O=C(Nc1ccc(-c2ccc(NC(=O)c3ccc(Br)o3)cc2)cc1)c1ccc(Br)o1. The highest BCUT2D eigenvalue weighted by atomic mass is 79.9. The molecule has 2 heterocycles. The van der Waals surface area contributed by atoms with E-state index in [0.29, 0.717) is 20.7 Å². The van der Waals surface area contributed by atoms with Gasteiger partial charge in [-0.3, -0.25) is 9.59 Å². The third kappa shape index (κ3) is 4.72. The minimum absolute atomic E-state index is 0.227. The number of rotatable bonds is 5. The van der Waals surface area contributed by atoms with Crippen molar-refractivity contribution in [3.05, 3.63) is 93.7 Å². The summed E-state index contributed by atoms with van der Waals surface area (Å²) < 4.78 is 11.5. The largest absolute Gasteiger partial charge is 0.444 e. The Balaban J connectivity index is 1.40. The number of amides is 2. The standard InChI is InChI=1S/C22H14Br2N2O4/c23-19-11-9-17(29-19)21(27)25-15-5-1-13(2-6-15)14-3-7-16(8-4-14)26-22(28)18-10-12-20(24)30-18/h1-12H,(H,25,27)(H,26,28). The summed E-state index contributed by atoms with van der Waals surface area (Å²) >= 11 is 6.35. The van der Waals surface area contributed by atoms with E-state index in [4.69, 9.17) is 8.83 Å². The van der Waals surface area contributed by atoms with E-state index < -0.39 is 0 Å². The zero-order chi connectivity index (χ0) is 21.1. The maximum absolute atomic E-state index is 12.1. The Morgan fingerprint density at radius 2 is 0.933 bits per heavy atom. The molecule has 4 aromatic rings. The van der Waals surface area contributed by atoms with Crippen molar-refractivity contribution in [1.82, 2.24) is 0 Å². The molecule has 0 aliphatic carbocycles. The third-order valence-corrected chi connectivity index (χ3v) is 5.07. The topological polar surface area (TPSA) is 84.5 Å². The highest BCUT2D eigenvalue weighted by Gasteiger charge is 2.12. The Hall–Kier alpha value is -3.10. The van der Waals surface area contributed by atoms with E-state index in [1.54, 1.807) is 24.3 Å². The van der Waals surface area contributed by atoms with Gasteiger partial charge in [-0.05, 0) is 91.5 Å². The van der Waals surface area contributed by atoms with Crippen LogP contribution in [-0.2, 0) is 0 Å². The predicted octanol–water partition coefficient (Wildman–Crippen LogP) is 6.57. The first-order valence-corrected chi connectivity index (χ1v) is 10.4. The van der Waals surface area contributed by atoms with Gasteiger partial charge in [-0.1, -0.05) is 24.3 Å². The lowest BCUT2D eigenvalue weighted by Gasteiger charge is -2.07. The maximum atomic E-state index is 12.1. The quantitative estimate of drug-likeness (QED) is 0.306. The van der Waals surface area contributed by atoms with Gasteiger partial charge in [-0.25, -0.2) is 0 Å². The van der Waals surface area contributed by atoms with Gasteiger partial charge in [0.15, 0.2) is 20.9 Å². The summed E-state index contributed by atoms with van der Waals surface area (Å²) in [5, 5.41) is 5.57. The number of halogens is 2. The molecule has 0 saturated carbocycles. The van der Waals surface area contributed by atoms with Gasteiger partial charge in [0.2, 0.25) is 0 Å². The molecule has 0 bridgehead atoms. The van der Waals surface area contributed by atoms with Crippen molar-refractivity contribution in [2.24, 2.45) is 0 Å². The molecule has 0 spiro atoms. The lowest BCUT2D eigenvalue weighted by molar-refractivity contribution is 0.0988. The van der Waals surface area contributed by atoms with Gasteiger partial charge >= 0.3 is 0 Å². The van der Waals surface area contributed by atoms with E-state index in [2.05, 4.69) is 42.5 Å². The van der Waals surface area contributed by atoms with Gasteiger partial charge in [0.1, 0.15) is 0 Å². The van der Waals surface area contributed by atoms with Crippen LogP contribution in [-0.4, -0.2) is 11.8 Å². The number of hydrogen-bond acceptors (Lipinski definition) is 4. The molecule has 8 heteroatoms. The minimum atomic E-state index is -0.322. The smallest absolute Gasteiger partial charge is 0.291 e. The number of benzene rings is 2. The van der Waals surface area contributed by atoms with Gasteiger partial charge in [-0.2, -0.15) is 0 Å². The summed E-state index contributed by atoms with van der Waals surface area (Å²) in [6.07, 6.45) is 0.